The van der Waals surface area contributed by atoms with E-state index < -0.39 is 5.41 Å². The maximum absolute atomic E-state index is 12.7. The van der Waals surface area contributed by atoms with Crippen LogP contribution in [-0.2, 0) is 5.41 Å². The first-order chi connectivity index (χ1) is 15.0. The van der Waals surface area contributed by atoms with Crippen molar-refractivity contribution in [1.29, 1.82) is 0 Å². The number of amides is 1. The third-order valence-corrected chi connectivity index (χ3v) is 6.57. The molecule has 1 aromatic heterocycles. The fourth-order valence-electron chi connectivity index (χ4n) is 3.57. The van der Waals surface area contributed by atoms with E-state index in [9.17, 15) is 4.79 Å². The van der Waals surface area contributed by atoms with Crippen molar-refractivity contribution in [2.24, 2.45) is 0 Å². The summed E-state index contributed by atoms with van der Waals surface area (Å²) in [5.41, 5.74) is 2.64. The van der Waals surface area contributed by atoms with E-state index in [2.05, 4.69) is 26.4 Å². The third-order valence-electron chi connectivity index (χ3n) is 5.56. The number of carbonyl (C=O) groups excluding carboxylic acids is 1. The van der Waals surface area contributed by atoms with Crippen LogP contribution in [0.1, 0.15) is 28.5 Å². The molecule has 1 aliphatic rings. The van der Waals surface area contributed by atoms with Crippen molar-refractivity contribution in [3.05, 3.63) is 75.8 Å². The van der Waals surface area contributed by atoms with Crippen molar-refractivity contribution in [2.75, 3.05) is 36.4 Å². The Morgan fingerprint density at radius 2 is 1.87 bits per heavy atom. The van der Waals surface area contributed by atoms with Crippen LogP contribution in [0, 0.1) is 12.3 Å². The Labute approximate surface area is 191 Å². The quantitative estimate of drug-likeness (QED) is 0.566. The lowest BCUT2D eigenvalue weighted by atomic mass is 9.81. The lowest BCUT2D eigenvalue weighted by Crippen LogP contribution is -2.43. The lowest BCUT2D eigenvalue weighted by Gasteiger charge is -2.29. The van der Waals surface area contributed by atoms with Crippen molar-refractivity contribution in [3.63, 3.8) is 0 Å². The van der Waals surface area contributed by atoms with Gasteiger partial charge in [0.15, 0.2) is 5.13 Å². The van der Waals surface area contributed by atoms with Gasteiger partial charge in [-0.1, -0.05) is 29.7 Å². The summed E-state index contributed by atoms with van der Waals surface area (Å²) in [6, 6.07) is 15.1. The number of hydrogen-bond acceptors (Lipinski definition) is 5. The van der Waals surface area contributed by atoms with E-state index in [1.807, 2.05) is 60.8 Å². The van der Waals surface area contributed by atoms with Gasteiger partial charge in [-0.15, -0.1) is 17.8 Å². The number of hydrogen-bond donors (Lipinski definition) is 2. The zero-order chi connectivity index (χ0) is 21.8. The molecule has 2 N–H and O–H groups in total. The van der Waals surface area contributed by atoms with Crippen molar-refractivity contribution >= 4 is 39.7 Å². The van der Waals surface area contributed by atoms with Crippen LogP contribution in [0.25, 0.3) is 0 Å². The fraction of sp³-hybridized carbons (Fsp3) is 0.250. The molecule has 0 saturated carbocycles. The zero-order valence-electron chi connectivity index (χ0n) is 17.2. The lowest BCUT2D eigenvalue weighted by molar-refractivity contribution is 0.102. The van der Waals surface area contributed by atoms with Gasteiger partial charge in [-0.2, -0.15) is 0 Å². The summed E-state index contributed by atoms with van der Waals surface area (Å²) in [4.78, 5) is 19.6. The third kappa shape index (κ3) is 4.59. The normalized spacial score (nSPS) is 15.7. The molecule has 1 fully saturated rings. The van der Waals surface area contributed by atoms with Gasteiger partial charge < -0.3 is 10.2 Å². The Bertz CT molecular complexity index is 1100. The summed E-state index contributed by atoms with van der Waals surface area (Å²) in [7, 11) is 0. The molecule has 0 aliphatic carbocycles. The summed E-state index contributed by atoms with van der Waals surface area (Å²) in [5, 5.41) is 9.28. The summed E-state index contributed by atoms with van der Waals surface area (Å²) in [6.07, 6.45) is 5.87. The first-order valence-electron chi connectivity index (χ1n) is 10.1. The van der Waals surface area contributed by atoms with Crippen LogP contribution in [0.15, 0.2) is 53.9 Å². The second-order valence-electron chi connectivity index (χ2n) is 7.55. The summed E-state index contributed by atoms with van der Waals surface area (Å²) in [5.74, 6) is 2.65. The highest BCUT2D eigenvalue weighted by Gasteiger charge is 2.29. The highest BCUT2D eigenvalue weighted by molar-refractivity contribution is 7.14. The molecule has 1 amide bonds. The average molecular weight is 451 g/mol. The molecular weight excluding hydrogens is 428 g/mol. The van der Waals surface area contributed by atoms with E-state index >= 15 is 0 Å². The molecule has 5 nitrogen and oxygen atoms in total. The van der Waals surface area contributed by atoms with E-state index in [4.69, 9.17) is 18.0 Å². The molecular formula is C24H23ClN4OS. The minimum Gasteiger partial charge on any atom is -0.369 e. The van der Waals surface area contributed by atoms with Gasteiger partial charge in [0.25, 0.3) is 5.91 Å². The summed E-state index contributed by atoms with van der Waals surface area (Å²) >= 11 is 7.36. The van der Waals surface area contributed by atoms with Crippen LogP contribution in [0.3, 0.4) is 0 Å². The van der Waals surface area contributed by atoms with Crippen LogP contribution in [-0.4, -0.2) is 37.1 Å². The predicted molar refractivity (Wildman–Crippen MR) is 128 cm³/mol. The van der Waals surface area contributed by atoms with Crippen LogP contribution in [0.4, 0.5) is 10.8 Å². The van der Waals surface area contributed by atoms with Gasteiger partial charge >= 0.3 is 0 Å². The van der Waals surface area contributed by atoms with Crippen molar-refractivity contribution < 1.29 is 4.79 Å². The molecule has 0 bridgehead atoms. The molecule has 2 aromatic carbocycles. The number of nitrogens with zero attached hydrogens (tertiary/aromatic N) is 2. The number of halogens is 1. The minimum atomic E-state index is -0.713. The number of rotatable bonds is 5. The average Bonchev–Trinajstić information content (AvgIpc) is 3.29. The monoisotopic (exact) mass is 450 g/mol. The fourth-order valence-corrected chi connectivity index (χ4v) is 4.51. The van der Waals surface area contributed by atoms with Crippen LogP contribution in [0.5, 0.6) is 0 Å². The van der Waals surface area contributed by atoms with Gasteiger partial charge in [-0.3, -0.25) is 10.1 Å². The highest BCUT2D eigenvalue weighted by atomic mass is 35.5. The SMILES string of the molecule is C#C[C@](C)(c1ccc(Cl)cc1)c1csc(NC(=O)c2ccc(N3CCNCC3)cc2)n1. The van der Waals surface area contributed by atoms with E-state index in [-0.39, 0.29) is 5.91 Å². The topological polar surface area (TPSA) is 57.3 Å². The van der Waals surface area contributed by atoms with E-state index in [0.29, 0.717) is 21.4 Å². The molecule has 31 heavy (non-hydrogen) atoms. The minimum absolute atomic E-state index is 0.193. The number of benzene rings is 2. The second-order valence-corrected chi connectivity index (χ2v) is 8.85. The van der Waals surface area contributed by atoms with E-state index in [1.165, 1.54) is 11.3 Å². The van der Waals surface area contributed by atoms with Crippen molar-refractivity contribution in [1.82, 2.24) is 10.3 Å². The van der Waals surface area contributed by atoms with Gasteiger partial charge in [-0.25, -0.2) is 4.98 Å². The predicted octanol–water partition coefficient (Wildman–Crippen LogP) is 4.40. The Morgan fingerprint density at radius 3 is 2.52 bits per heavy atom. The van der Waals surface area contributed by atoms with Crippen molar-refractivity contribution in [3.8, 4) is 12.3 Å². The van der Waals surface area contributed by atoms with Gasteiger partial charge in [0.2, 0.25) is 0 Å². The maximum atomic E-state index is 12.7. The van der Waals surface area contributed by atoms with E-state index in [0.717, 1.165) is 37.4 Å². The smallest absolute Gasteiger partial charge is 0.257 e. The van der Waals surface area contributed by atoms with Gasteiger partial charge in [0.1, 0.15) is 0 Å². The number of thiazole rings is 1. The standard InChI is InChI=1S/C24H23ClN4OS/c1-3-24(2,18-6-8-19(25)9-7-18)21-16-31-23(27-21)28-22(30)17-4-10-20(11-5-17)29-14-12-26-13-15-29/h1,4-11,16,26H,12-15H2,2H3,(H,27,28,30)/t24-/m1/s1. The summed E-state index contributed by atoms with van der Waals surface area (Å²) in [6.45, 7) is 5.82. The number of aromatic nitrogens is 1. The summed E-state index contributed by atoms with van der Waals surface area (Å²) < 4.78 is 0. The van der Waals surface area contributed by atoms with Gasteiger partial charge in [-0.05, 0) is 48.9 Å². The molecule has 158 valence electrons. The van der Waals surface area contributed by atoms with Crippen LogP contribution in [0.2, 0.25) is 5.02 Å². The molecule has 0 spiro atoms. The number of carbonyl (C=O) groups is 1. The number of nitrogens with one attached hydrogen (secondary N) is 2. The molecule has 2 heterocycles. The van der Waals surface area contributed by atoms with Crippen molar-refractivity contribution in [2.45, 2.75) is 12.3 Å². The Balaban J connectivity index is 1.47. The number of piperazine rings is 1. The molecule has 7 heteroatoms. The zero-order valence-corrected chi connectivity index (χ0v) is 18.8. The molecule has 0 unspecified atom stereocenters. The Morgan fingerprint density at radius 1 is 1.19 bits per heavy atom. The molecule has 1 aliphatic heterocycles. The highest BCUT2D eigenvalue weighted by Crippen LogP contribution is 2.34. The first kappa shape index (κ1) is 21.4. The molecule has 3 aromatic rings. The second kappa shape index (κ2) is 9.11. The molecule has 1 saturated heterocycles. The largest absolute Gasteiger partial charge is 0.369 e. The Kier molecular flexibility index (Phi) is 6.28. The number of anilines is 2. The Hall–Kier alpha value is -2.85. The van der Waals surface area contributed by atoms with Crippen LogP contribution >= 0.6 is 22.9 Å². The van der Waals surface area contributed by atoms with Crippen LogP contribution < -0.4 is 15.5 Å². The van der Waals surface area contributed by atoms with Gasteiger partial charge in [0.05, 0.1) is 11.1 Å². The molecule has 4 rings (SSSR count). The number of terminal acetylenes is 1. The molecule has 1 atom stereocenters. The van der Waals surface area contributed by atoms with Gasteiger partial charge in [0, 0.05) is 47.8 Å². The maximum Gasteiger partial charge on any atom is 0.257 e. The first-order valence-corrected chi connectivity index (χ1v) is 11.3. The molecule has 0 radical (unpaired) electrons. The van der Waals surface area contributed by atoms with E-state index in [1.54, 1.807) is 0 Å².